The minimum Gasteiger partial charge on any atom is -0.357 e. The number of nitrogens with two attached hydrogens (primary N) is 1. The summed E-state index contributed by atoms with van der Waals surface area (Å²) in [7, 11) is 0. The topological polar surface area (TPSA) is 35.2 Å². The number of alkyl halides is 4. The highest BCUT2D eigenvalue weighted by molar-refractivity contribution is 5.04. The predicted molar refractivity (Wildman–Crippen MR) is 28.4 cm³/mol. The van der Waals surface area contributed by atoms with Crippen LogP contribution in [0, 0.1) is 0 Å². The molecule has 0 radical (unpaired) electrons. The molecule has 0 spiro atoms. The Hall–Kier alpha value is -0.360. The van der Waals surface area contributed by atoms with Gasteiger partial charge in [-0.2, -0.15) is 17.6 Å². The van der Waals surface area contributed by atoms with Crippen LogP contribution in [0.5, 0.6) is 0 Å². The van der Waals surface area contributed by atoms with Crippen molar-refractivity contribution in [1.29, 1.82) is 0 Å². The highest BCUT2D eigenvalue weighted by Gasteiger charge is 2.72. The van der Waals surface area contributed by atoms with Crippen LogP contribution in [0.3, 0.4) is 0 Å². The maximum absolute atomic E-state index is 12.2. The van der Waals surface area contributed by atoms with E-state index in [0.717, 1.165) is 0 Å². The molecule has 0 heterocycles. The molecule has 0 aromatic heterocycles. The lowest BCUT2D eigenvalue weighted by Crippen LogP contribution is -2.63. The first-order valence-electron chi connectivity index (χ1n) is 2.99. The average Bonchev–Trinajstić information content (AvgIpc) is 1.87. The first-order chi connectivity index (χ1) is 4.92. The normalized spacial score (nSPS) is 33.0. The predicted octanol–water partition coefficient (Wildman–Crippen LogP) is 0.962. The third-order valence-corrected chi connectivity index (χ3v) is 1.63. The van der Waals surface area contributed by atoms with E-state index in [4.69, 9.17) is 5.73 Å². The standard InChI is InChI=1S/C5H7F4NO/c6-4(7)1-3(11-2-10)5(4,8)9/h3H,1-2,10H2/t3-/m1/s1. The van der Waals surface area contributed by atoms with Crippen LogP contribution in [0.4, 0.5) is 17.6 Å². The van der Waals surface area contributed by atoms with E-state index in [0.29, 0.717) is 0 Å². The molecular formula is C5H7F4NO. The maximum Gasteiger partial charge on any atom is 0.336 e. The molecule has 0 aliphatic heterocycles. The molecule has 1 aliphatic rings. The van der Waals surface area contributed by atoms with Crippen molar-refractivity contribution < 1.29 is 22.3 Å². The number of ether oxygens (including phenoxy) is 1. The molecule has 2 nitrogen and oxygen atoms in total. The zero-order valence-electron chi connectivity index (χ0n) is 5.49. The highest BCUT2D eigenvalue weighted by atomic mass is 19.3. The molecule has 0 saturated heterocycles. The van der Waals surface area contributed by atoms with Crippen molar-refractivity contribution in [3.05, 3.63) is 0 Å². The molecule has 1 atom stereocenters. The second-order valence-electron chi connectivity index (χ2n) is 2.35. The molecular weight excluding hydrogens is 166 g/mol. The van der Waals surface area contributed by atoms with Crippen molar-refractivity contribution >= 4 is 0 Å². The van der Waals surface area contributed by atoms with Crippen LogP contribution in [0.25, 0.3) is 0 Å². The third kappa shape index (κ3) is 1.10. The zero-order chi connectivity index (χ0) is 8.70. The molecule has 0 aromatic rings. The van der Waals surface area contributed by atoms with Gasteiger partial charge >= 0.3 is 11.8 Å². The molecule has 0 aromatic carbocycles. The first-order valence-corrected chi connectivity index (χ1v) is 2.99. The Kier molecular flexibility index (Phi) is 1.84. The van der Waals surface area contributed by atoms with E-state index in [2.05, 4.69) is 4.74 Å². The van der Waals surface area contributed by atoms with Gasteiger partial charge in [0.1, 0.15) is 6.10 Å². The molecule has 0 amide bonds. The molecule has 1 rings (SSSR count). The summed E-state index contributed by atoms with van der Waals surface area (Å²) in [6.07, 6.45) is -2.67. The van der Waals surface area contributed by atoms with Crippen LogP contribution >= 0.6 is 0 Å². The maximum atomic E-state index is 12.2. The Morgan fingerprint density at radius 2 is 1.91 bits per heavy atom. The first kappa shape index (κ1) is 8.73. The smallest absolute Gasteiger partial charge is 0.336 e. The molecule has 1 saturated carbocycles. The van der Waals surface area contributed by atoms with Gasteiger partial charge in [0.2, 0.25) is 0 Å². The molecule has 11 heavy (non-hydrogen) atoms. The van der Waals surface area contributed by atoms with Gasteiger partial charge in [-0.25, -0.2) is 0 Å². The molecule has 2 N–H and O–H groups in total. The summed E-state index contributed by atoms with van der Waals surface area (Å²) < 4.78 is 52.7. The number of rotatable bonds is 2. The molecule has 0 unspecified atom stereocenters. The Labute approximate surface area is 60.3 Å². The van der Waals surface area contributed by atoms with Crippen LogP contribution in [0.1, 0.15) is 6.42 Å². The summed E-state index contributed by atoms with van der Waals surface area (Å²) in [4.78, 5) is 0. The van der Waals surface area contributed by atoms with Gasteiger partial charge in [0.15, 0.2) is 0 Å². The van der Waals surface area contributed by atoms with Crippen LogP contribution in [-0.2, 0) is 4.74 Å². The van der Waals surface area contributed by atoms with Gasteiger partial charge in [-0.1, -0.05) is 0 Å². The highest BCUT2D eigenvalue weighted by Crippen LogP contribution is 2.52. The van der Waals surface area contributed by atoms with E-state index in [-0.39, 0.29) is 0 Å². The van der Waals surface area contributed by atoms with E-state index in [1.165, 1.54) is 0 Å². The lowest BCUT2D eigenvalue weighted by molar-refractivity contribution is -0.340. The Bertz CT molecular complexity index is 161. The second kappa shape index (κ2) is 2.31. The lowest BCUT2D eigenvalue weighted by Gasteiger charge is -2.42. The fourth-order valence-corrected chi connectivity index (χ4v) is 0.881. The van der Waals surface area contributed by atoms with Crippen LogP contribution in [-0.4, -0.2) is 24.7 Å². The SMILES string of the molecule is NCO[C@@H]1CC(F)(F)C1(F)F. The van der Waals surface area contributed by atoms with Crippen molar-refractivity contribution in [2.45, 2.75) is 24.4 Å². The van der Waals surface area contributed by atoms with E-state index < -0.39 is 31.1 Å². The molecule has 66 valence electrons. The number of halogens is 4. The lowest BCUT2D eigenvalue weighted by atomic mass is 9.86. The minimum absolute atomic E-state index is 0.462. The molecule has 1 aliphatic carbocycles. The van der Waals surface area contributed by atoms with Crippen molar-refractivity contribution in [3.8, 4) is 0 Å². The van der Waals surface area contributed by atoms with Gasteiger partial charge in [-0.15, -0.1) is 0 Å². The molecule has 0 bridgehead atoms. The minimum atomic E-state index is -4.05. The average molecular weight is 173 g/mol. The van der Waals surface area contributed by atoms with Crippen molar-refractivity contribution in [1.82, 2.24) is 0 Å². The molecule has 1 fully saturated rings. The third-order valence-electron chi connectivity index (χ3n) is 1.63. The van der Waals surface area contributed by atoms with E-state index >= 15 is 0 Å². The van der Waals surface area contributed by atoms with Gasteiger partial charge in [-0.3, -0.25) is 0 Å². The van der Waals surface area contributed by atoms with Crippen molar-refractivity contribution in [2.75, 3.05) is 6.73 Å². The van der Waals surface area contributed by atoms with Gasteiger partial charge in [0, 0.05) is 0 Å². The summed E-state index contributed by atoms with van der Waals surface area (Å²) in [5.41, 5.74) is 4.75. The second-order valence-corrected chi connectivity index (χ2v) is 2.35. The number of hydrogen-bond donors (Lipinski definition) is 1. The van der Waals surface area contributed by atoms with Crippen LogP contribution in [0.2, 0.25) is 0 Å². The van der Waals surface area contributed by atoms with Crippen LogP contribution in [0.15, 0.2) is 0 Å². The Balaban J connectivity index is 2.54. The van der Waals surface area contributed by atoms with Gasteiger partial charge in [0.25, 0.3) is 0 Å². The van der Waals surface area contributed by atoms with Gasteiger partial charge < -0.3 is 10.5 Å². The number of hydrogen-bond acceptors (Lipinski definition) is 2. The van der Waals surface area contributed by atoms with E-state index in [1.54, 1.807) is 0 Å². The van der Waals surface area contributed by atoms with Crippen LogP contribution < -0.4 is 5.73 Å². The summed E-state index contributed by atoms with van der Waals surface area (Å²) in [5, 5.41) is 0. The Morgan fingerprint density at radius 3 is 2.18 bits per heavy atom. The summed E-state index contributed by atoms with van der Waals surface area (Å²) in [6.45, 7) is -0.462. The summed E-state index contributed by atoms with van der Waals surface area (Å²) >= 11 is 0. The van der Waals surface area contributed by atoms with Crippen molar-refractivity contribution in [3.63, 3.8) is 0 Å². The largest absolute Gasteiger partial charge is 0.357 e. The van der Waals surface area contributed by atoms with Crippen molar-refractivity contribution in [2.24, 2.45) is 5.73 Å². The van der Waals surface area contributed by atoms with Gasteiger partial charge in [-0.05, 0) is 0 Å². The monoisotopic (exact) mass is 173 g/mol. The quantitative estimate of drug-likeness (QED) is 0.498. The fraction of sp³-hybridized carbons (Fsp3) is 1.00. The summed E-state index contributed by atoms with van der Waals surface area (Å²) in [6, 6.07) is 0. The van der Waals surface area contributed by atoms with E-state index in [1.807, 2.05) is 0 Å². The molecule has 6 heteroatoms. The zero-order valence-corrected chi connectivity index (χ0v) is 5.49. The fourth-order valence-electron chi connectivity index (χ4n) is 0.881. The summed E-state index contributed by atoms with van der Waals surface area (Å²) in [5.74, 6) is -7.97. The Morgan fingerprint density at radius 1 is 1.36 bits per heavy atom. The van der Waals surface area contributed by atoms with E-state index in [9.17, 15) is 17.6 Å². The van der Waals surface area contributed by atoms with Gasteiger partial charge in [0.05, 0.1) is 13.2 Å².